The molecule has 1 unspecified atom stereocenters. The largest absolute Gasteiger partial charge is 0.311 e. The maximum absolute atomic E-state index is 3.79. The molecule has 1 saturated heterocycles. The predicted molar refractivity (Wildman–Crippen MR) is 86.8 cm³/mol. The summed E-state index contributed by atoms with van der Waals surface area (Å²) in [6, 6.07) is 12.1. The average Bonchev–Trinajstić information content (AvgIpc) is 2.48. The minimum atomic E-state index is 0.610. The topological polar surface area (TPSA) is 15.3 Å². The van der Waals surface area contributed by atoms with Crippen molar-refractivity contribution in [1.29, 1.82) is 0 Å². The molecular formula is C18H28N2. The molecule has 2 nitrogen and oxygen atoms in total. The summed E-state index contributed by atoms with van der Waals surface area (Å²) >= 11 is 0. The summed E-state index contributed by atoms with van der Waals surface area (Å²) in [5, 5.41) is 3.76. The molecule has 1 aromatic rings. The van der Waals surface area contributed by atoms with Crippen molar-refractivity contribution in [3.8, 4) is 0 Å². The maximum Gasteiger partial charge on any atom is 0.0233 e. The van der Waals surface area contributed by atoms with Crippen molar-refractivity contribution in [2.24, 2.45) is 0 Å². The summed E-state index contributed by atoms with van der Waals surface area (Å²) in [4.78, 5) is 2.57. The van der Waals surface area contributed by atoms with E-state index in [1.165, 1.54) is 37.9 Å². The zero-order valence-corrected chi connectivity index (χ0v) is 12.7. The number of nitrogens with zero attached hydrogens (tertiary/aromatic N) is 1. The number of benzene rings is 1. The molecule has 2 heteroatoms. The summed E-state index contributed by atoms with van der Waals surface area (Å²) in [6.07, 6.45) is 6.87. The predicted octanol–water partition coefficient (Wildman–Crippen LogP) is 3.60. The molecule has 1 heterocycles. The molecule has 20 heavy (non-hydrogen) atoms. The van der Waals surface area contributed by atoms with Crippen LogP contribution in [-0.2, 0) is 6.54 Å². The fraction of sp³-hybridized carbons (Fsp3) is 0.556. The van der Waals surface area contributed by atoms with Crippen LogP contribution in [0.3, 0.4) is 0 Å². The first-order chi connectivity index (χ1) is 9.78. The summed E-state index contributed by atoms with van der Waals surface area (Å²) in [5.41, 5.74) is 1.43. The Morgan fingerprint density at radius 1 is 1.30 bits per heavy atom. The van der Waals surface area contributed by atoms with Crippen LogP contribution in [0.2, 0.25) is 0 Å². The molecule has 1 aliphatic rings. The molecule has 1 N–H and O–H groups in total. The van der Waals surface area contributed by atoms with E-state index >= 15 is 0 Å². The molecule has 0 spiro atoms. The van der Waals surface area contributed by atoms with Gasteiger partial charge in [0.25, 0.3) is 0 Å². The van der Waals surface area contributed by atoms with Gasteiger partial charge in [0, 0.05) is 18.6 Å². The van der Waals surface area contributed by atoms with Crippen LogP contribution >= 0.6 is 0 Å². The van der Waals surface area contributed by atoms with Crippen LogP contribution in [0.5, 0.6) is 0 Å². The number of hydrogen-bond donors (Lipinski definition) is 1. The van der Waals surface area contributed by atoms with Gasteiger partial charge in [-0.05, 0) is 51.3 Å². The van der Waals surface area contributed by atoms with Gasteiger partial charge in [0.1, 0.15) is 0 Å². The van der Waals surface area contributed by atoms with Crippen LogP contribution in [-0.4, -0.2) is 30.1 Å². The minimum Gasteiger partial charge on any atom is -0.311 e. The Hall–Kier alpha value is -1.12. The Kier molecular flexibility index (Phi) is 6.28. The van der Waals surface area contributed by atoms with Crippen molar-refractivity contribution in [2.45, 2.75) is 51.2 Å². The zero-order valence-electron chi connectivity index (χ0n) is 12.7. The van der Waals surface area contributed by atoms with Crippen LogP contribution < -0.4 is 5.32 Å². The first-order valence-corrected chi connectivity index (χ1v) is 7.91. The lowest BCUT2D eigenvalue weighted by atomic mass is 10.0. The highest BCUT2D eigenvalue weighted by molar-refractivity contribution is 5.14. The van der Waals surface area contributed by atoms with Crippen molar-refractivity contribution in [3.63, 3.8) is 0 Å². The Morgan fingerprint density at radius 2 is 2.00 bits per heavy atom. The van der Waals surface area contributed by atoms with Gasteiger partial charge in [0.15, 0.2) is 0 Å². The zero-order chi connectivity index (χ0) is 14.2. The van der Waals surface area contributed by atoms with E-state index in [0.29, 0.717) is 12.1 Å². The van der Waals surface area contributed by atoms with E-state index in [0.717, 1.165) is 13.0 Å². The van der Waals surface area contributed by atoms with Gasteiger partial charge < -0.3 is 5.32 Å². The molecule has 1 aliphatic heterocycles. The molecule has 110 valence electrons. The summed E-state index contributed by atoms with van der Waals surface area (Å²) in [7, 11) is 0. The molecule has 0 bridgehead atoms. The average molecular weight is 272 g/mol. The minimum absolute atomic E-state index is 0.610. The molecule has 1 fully saturated rings. The summed E-state index contributed by atoms with van der Waals surface area (Å²) in [6.45, 7) is 9.60. The molecule has 1 aromatic carbocycles. The highest BCUT2D eigenvalue weighted by atomic mass is 15.1. The number of likely N-dealkylation sites (tertiary alicyclic amines) is 1. The van der Waals surface area contributed by atoms with Crippen molar-refractivity contribution in [1.82, 2.24) is 10.2 Å². The molecule has 1 atom stereocenters. The Labute approximate surface area is 123 Å². The fourth-order valence-electron chi connectivity index (χ4n) is 2.95. The number of rotatable bonds is 7. The van der Waals surface area contributed by atoms with Crippen molar-refractivity contribution < 1.29 is 0 Å². The van der Waals surface area contributed by atoms with Crippen LogP contribution in [0, 0.1) is 0 Å². The standard InChI is InChI=1S/C18H28N2/c1-3-4-8-16(2)19-18-11-13-20(14-12-18)15-17-9-6-5-7-10-17/h3,5-7,9-10,16,18-19H,1,4,8,11-15H2,2H3. The van der Waals surface area contributed by atoms with Crippen LogP contribution in [0.15, 0.2) is 43.0 Å². The maximum atomic E-state index is 3.79. The van der Waals surface area contributed by atoms with Gasteiger partial charge in [0.2, 0.25) is 0 Å². The molecule has 0 amide bonds. The van der Waals surface area contributed by atoms with Gasteiger partial charge in [0.05, 0.1) is 0 Å². The molecule has 0 aliphatic carbocycles. The molecule has 0 aromatic heterocycles. The van der Waals surface area contributed by atoms with Crippen LogP contribution in [0.1, 0.15) is 38.2 Å². The lowest BCUT2D eigenvalue weighted by molar-refractivity contribution is 0.184. The third-order valence-corrected chi connectivity index (χ3v) is 4.16. The molecular weight excluding hydrogens is 244 g/mol. The van der Waals surface area contributed by atoms with Crippen molar-refractivity contribution in [3.05, 3.63) is 48.6 Å². The lowest BCUT2D eigenvalue weighted by Gasteiger charge is -2.34. The highest BCUT2D eigenvalue weighted by Crippen LogP contribution is 2.15. The second-order valence-electron chi connectivity index (χ2n) is 5.97. The van der Waals surface area contributed by atoms with E-state index in [-0.39, 0.29) is 0 Å². The van der Waals surface area contributed by atoms with Gasteiger partial charge in [-0.2, -0.15) is 0 Å². The van der Waals surface area contributed by atoms with Crippen LogP contribution in [0.25, 0.3) is 0 Å². The second-order valence-corrected chi connectivity index (χ2v) is 5.97. The Morgan fingerprint density at radius 3 is 2.65 bits per heavy atom. The molecule has 0 saturated carbocycles. The summed E-state index contributed by atoms with van der Waals surface area (Å²) in [5.74, 6) is 0. The van der Waals surface area contributed by atoms with Crippen LogP contribution in [0.4, 0.5) is 0 Å². The normalized spacial score (nSPS) is 18.9. The monoisotopic (exact) mass is 272 g/mol. The van der Waals surface area contributed by atoms with Gasteiger partial charge in [-0.1, -0.05) is 36.4 Å². The van der Waals surface area contributed by atoms with E-state index in [4.69, 9.17) is 0 Å². The number of nitrogens with one attached hydrogen (secondary N) is 1. The first kappa shape index (κ1) is 15.3. The Balaban J connectivity index is 1.68. The van der Waals surface area contributed by atoms with E-state index in [1.54, 1.807) is 0 Å². The third kappa shape index (κ3) is 5.10. The quantitative estimate of drug-likeness (QED) is 0.763. The van der Waals surface area contributed by atoms with Gasteiger partial charge >= 0.3 is 0 Å². The lowest BCUT2D eigenvalue weighted by Crippen LogP contribution is -2.45. The first-order valence-electron chi connectivity index (χ1n) is 7.91. The number of allylic oxidation sites excluding steroid dienone is 1. The van der Waals surface area contributed by atoms with E-state index < -0.39 is 0 Å². The fourth-order valence-corrected chi connectivity index (χ4v) is 2.95. The smallest absolute Gasteiger partial charge is 0.0233 e. The Bertz CT molecular complexity index is 380. The second kappa shape index (κ2) is 8.23. The van der Waals surface area contributed by atoms with Gasteiger partial charge in [-0.3, -0.25) is 4.90 Å². The third-order valence-electron chi connectivity index (χ3n) is 4.16. The highest BCUT2D eigenvalue weighted by Gasteiger charge is 2.20. The van der Waals surface area contributed by atoms with E-state index in [9.17, 15) is 0 Å². The van der Waals surface area contributed by atoms with E-state index in [2.05, 4.69) is 54.1 Å². The molecule has 2 rings (SSSR count). The number of piperidine rings is 1. The SMILES string of the molecule is C=CCCC(C)NC1CCN(Cc2ccccc2)CC1. The summed E-state index contributed by atoms with van der Waals surface area (Å²) < 4.78 is 0. The number of hydrogen-bond acceptors (Lipinski definition) is 2. The van der Waals surface area contributed by atoms with Crippen molar-refractivity contribution in [2.75, 3.05) is 13.1 Å². The van der Waals surface area contributed by atoms with Crippen molar-refractivity contribution >= 4 is 0 Å². The van der Waals surface area contributed by atoms with E-state index in [1.807, 2.05) is 6.08 Å². The van der Waals surface area contributed by atoms with Gasteiger partial charge in [-0.15, -0.1) is 6.58 Å². The van der Waals surface area contributed by atoms with Gasteiger partial charge in [-0.25, -0.2) is 0 Å². The molecule has 0 radical (unpaired) electrons.